The van der Waals surface area contributed by atoms with E-state index in [1.54, 1.807) is 0 Å². The molecule has 2 aromatic rings. The fourth-order valence-corrected chi connectivity index (χ4v) is 5.74. The molecule has 3 heterocycles. The Morgan fingerprint density at radius 3 is 2.32 bits per heavy atom. The van der Waals surface area contributed by atoms with Crippen LogP contribution in [0.2, 0.25) is 0 Å². The van der Waals surface area contributed by atoms with E-state index in [-0.39, 0.29) is 36.9 Å². The predicted molar refractivity (Wildman–Crippen MR) is 153 cm³/mol. The number of nitrogens with one attached hydrogen (secondary N) is 3. The maximum Gasteiger partial charge on any atom is 0.317 e. The van der Waals surface area contributed by atoms with Gasteiger partial charge in [-0.3, -0.25) is 0 Å². The lowest BCUT2D eigenvalue weighted by molar-refractivity contribution is 0.183. The van der Waals surface area contributed by atoms with E-state index in [2.05, 4.69) is 27.4 Å². The molecule has 0 bridgehead atoms. The molecule has 3 fully saturated rings. The SMILES string of the molecule is CCCNC(=O)N1CCC(Nc2nc(NC3CCC(N)CC3)nc3c2ncn3C2CCCC2)CC1.Cl.Cl. The molecule has 1 saturated heterocycles. The second-order valence-electron chi connectivity index (χ2n) is 10.6. The number of urea groups is 1. The highest BCUT2D eigenvalue weighted by molar-refractivity contribution is 5.86. The van der Waals surface area contributed by atoms with Crippen molar-refractivity contribution in [3.8, 4) is 0 Å². The Labute approximate surface area is 232 Å². The summed E-state index contributed by atoms with van der Waals surface area (Å²) in [5, 5.41) is 10.3. The Balaban J connectivity index is 0.00000190. The average Bonchev–Trinajstić information content (AvgIpc) is 3.54. The summed E-state index contributed by atoms with van der Waals surface area (Å²) in [4.78, 5) is 28.9. The molecule has 2 aromatic heterocycles. The number of nitrogens with two attached hydrogens (primary N) is 1. The highest BCUT2D eigenvalue weighted by atomic mass is 35.5. The van der Waals surface area contributed by atoms with Gasteiger partial charge in [-0.1, -0.05) is 19.8 Å². The van der Waals surface area contributed by atoms with Gasteiger partial charge in [0.1, 0.15) is 0 Å². The quantitative estimate of drug-likeness (QED) is 0.397. The van der Waals surface area contributed by atoms with Crippen LogP contribution >= 0.6 is 24.8 Å². The molecule has 208 valence electrons. The number of carbonyl (C=O) groups is 1. The number of rotatable bonds is 7. The van der Waals surface area contributed by atoms with E-state index in [9.17, 15) is 4.79 Å². The molecule has 5 rings (SSSR count). The number of amides is 2. The van der Waals surface area contributed by atoms with Gasteiger partial charge in [0.25, 0.3) is 0 Å². The van der Waals surface area contributed by atoms with Crippen molar-refractivity contribution in [1.82, 2.24) is 29.7 Å². The molecule has 2 amide bonds. The summed E-state index contributed by atoms with van der Waals surface area (Å²) in [7, 11) is 0. The number of fused-ring (bicyclic) bond motifs is 1. The normalized spacial score (nSPS) is 22.8. The molecular formula is C25H43Cl2N9O. The summed E-state index contributed by atoms with van der Waals surface area (Å²) in [6.07, 6.45) is 13.7. The van der Waals surface area contributed by atoms with Crippen molar-refractivity contribution >= 4 is 53.8 Å². The second-order valence-corrected chi connectivity index (χ2v) is 10.6. The lowest BCUT2D eigenvalue weighted by atomic mass is 9.92. The summed E-state index contributed by atoms with van der Waals surface area (Å²) in [5.74, 6) is 1.48. The standard InChI is InChI=1S/C25H41N9O.2ClH/c1-2-13-27-25(35)33-14-11-19(12-15-33)29-22-21-23(34(16-28-21)20-5-3-4-6-20)32-24(31-22)30-18-9-7-17(26)8-10-18;;/h16-20H,2-15,26H2,1H3,(H,27,35)(H2,29,30,31,32);2*1H. The largest absolute Gasteiger partial charge is 0.365 e. The molecule has 12 heteroatoms. The molecule has 37 heavy (non-hydrogen) atoms. The fraction of sp³-hybridized carbons (Fsp3) is 0.760. The molecule has 0 spiro atoms. The molecule has 2 aliphatic carbocycles. The molecule has 0 radical (unpaired) electrons. The van der Waals surface area contributed by atoms with Gasteiger partial charge in [0.05, 0.1) is 6.33 Å². The number of imidazole rings is 1. The first-order valence-electron chi connectivity index (χ1n) is 13.7. The lowest BCUT2D eigenvalue weighted by Gasteiger charge is -2.32. The van der Waals surface area contributed by atoms with Crippen molar-refractivity contribution in [3.05, 3.63) is 6.33 Å². The summed E-state index contributed by atoms with van der Waals surface area (Å²) in [6, 6.07) is 1.43. The summed E-state index contributed by atoms with van der Waals surface area (Å²) in [6.45, 7) is 4.28. The van der Waals surface area contributed by atoms with Gasteiger partial charge in [-0.2, -0.15) is 9.97 Å². The topological polar surface area (TPSA) is 126 Å². The van der Waals surface area contributed by atoms with Crippen LogP contribution < -0.4 is 21.7 Å². The lowest BCUT2D eigenvalue weighted by Crippen LogP contribution is -2.47. The number of hydrogen-bond donors (Lipinski definition) is 4. The van der Waals surface area contributed by atoms with Crippen molar-refractivity contribution in [1.29, 1.82) is 0 Å². The van der Waals surface area contributed by atoms with E-state index in [1.807, 2.05) is 11.2 Å². The zero-order chi connectivity index (χ0) is 24.2. The van der Waals surface area contributed by atoms with Gasteiger partial charge in [0.15, 0.2) is 17.0 Å². The number of aromatic nitrogens is 4. The molecule has 2 saturated carbocycles. The molecule has 1 aliphatic heterocycles. The Morgan fingerprint density at radius 2 is 1.65 bits per heavy atom. The molecule has 3 aliphatic rings. The predicted octanol–water partition coefficient (Wildman–Crippen LogP) is 4.46. The van der Waals surface area contributed by atoms with Crippen molar-refractivity contribution in [2.75, 3.05) is 30.3 Å². The van der Waals surface area contributed by atoms with Crippen LogP contribution in [0.4, 0.5) is 16.6 Å². The van der Waals surface area contributed by atoms with Crippen LogP contribution in [0, 0.1) is 0 Å². The minimum Gasteiger partial charge on any atom is -0.365 e. The number of halogens is 2. The Morgan fingerprint density at radius 1 is 0.973 bits per heavy atom. The number of carbonyl (C=O) groups excluding carboxylic acids is 1. The third-order valence-corrected chi connectivity index (χ3v) is 7.89. The minimum absolute atomic E-state index is 0. The van der Waals surface area contributed by atoms with Crippen LogP contribution in [0.25, 0.3) is 11.2 Å². The third-order valence-electron chi connectivity index (χ3n) is 7.89. The molecule has 0 aromatic carbocycles. The Kier molecular flexibility index (Phi) is 10.9. The van der Waals surface area contributed by atoms with Gasteiger partial charge >= 0.3 is 6.03 Å². The van der Waals surface area contributed by atoms with Gasteiger partial charge in [-0.25, -0.2) is 9.78 Å². The van der Waals surface area contributed by atoms with Crippen molar-refractivity contribution in [3.63, 3.8) is 0 Å². The van der Waals surface area contributed by atoms with Crippen LogP contribution in [0.5, 0.6) is 0 Å². The van der Waals surface area contributed by atoms with Crippen LogP contribution in [0.15, 0.2) is 6.33 Å². The molecule has 10 nitrogen and oxygen atoms in total. The molecule has 0 unspecified atom stereocenters. The molecule has 5 N–H and O–H groups in total. The van der Waals surface area contributed by atoms with Crippen molar-refractivity contribution in [2.24, 2.45) is 5.73 Å². The smallest absolute Gasteiger partial charge is 0.317 e. The monoisotopic (exact) mass is 555 g/mol. The summed E-state index contributed by atoms with van der Waals surface area (Å²) >= 11 is 0. The van der Waals surface area contributed by atoms with Gasteiger partial charge in [0.2, 0.25) is 5.95 Å². The van der Waals surface area contributed by atoms with Crippen LogP contribution in [0.3, 0.4) is 0 Å². The highest BCUT2D eigenvalue weighted by Crippen LogP contribution is 2.33. The van der Waals surface area contributed by atoms with Crippen molar-refractivity contribution < 1.29 is 4.79 Å². The zero-order valence-electron chi connectivity index (χ0n) is 21.8. The zero-order valence-corrected chi connectivity index (χ0v) is 23.5. The Bertz CT molecular complexity index is 997. The Hall–Kier alpha value is -2.04. The van der Waals surface area contributed by atoms with E-state index in [0.29, 0.717) is 24.1 Å². The number of hydrogen-bond acceptors (Lipinski definition) is 7. The number of piperidine rings is 1. The maximum absolute atomic E-state index is 12.3. The highest BCUT2D eigenvalue weighted by Gasteiger charge is 2.27. The third kappa shape index (κ3) is 7.09. The second kappa shape index (κ2) is 13.7. The fourth-order valence-electron chi connectivity index (χ4n) is 5.74. The number of nitrogens with zero attached hydrogens (tertiary/aromatic N) is 5. The average molecular weight is 557 g/mol. The van der Waals surface area contributed by atoms with Crippen LogP contribution in [-0.2, 0) is 0 Å². The van der Waals surface area contributed by atoms with Crippen molar-refractivity contribution in [2.45, 2.75) is 102 Å². The van der Waals surface area contributed by atoms with Gasteiger partial charge in [-0.05, 0) is 57.8 Å². The van der Waals surface area contributed by atoms with Crippen LogP contribution in [-0.4, -0.2) is 68.2 Å². The first-order valence-corrected chi connectivity index (χ1v) is 13.7. The minimum atomic E-state index is 0. The van der Waals surface area contributed by atoms with E-state index < -0.39 is 0 Å². The summed E-state index contributed by atoms with van der Waals surface area (Å²) in [5.41, 5.74) is 7.87. The van der Waals surface area contributed by atoms with Gasteiger partial charge in [0, 0.05) is 43.8 Å². The molecule has 0 atom stereocenters. The van der Waals surface area contributed by atoms with Gasteiger partial charge in [-0.15, -0.1) is 24.8 Å². The first-order chi connectivity index (χ1) is 17.1. The maximum atomic E-state index is 12.3. The number of anilines is 2. The summed E-state index contributed by atoms with van der Waals surface area (Å²) < 4.78 is 2.26. The van der Waals surface area contributed by atoms with E-state index in [0.717, 1.165) is 81.6 Å². The van der Waals surface area contributed by atoms with Gasteiger partial charge < -0.3 is 31.2 Å². The van der Waals surface area contributed by atoms with E-state index in [1.165, 1.54) is 25.7 Å². The van der Waals surface area contributed by atoms with E-state index >= 15 is 0 Å². The van der Waals surface area contributed by atoms with Crippen LogP contribution in [0.1, 0.15) is 83.6 Å². The first kappa shape index (κ1) is 29.5. The number of likely N-dealkylation sites (tertiary alicyclic amines) is 1. The van der Waals surface area contributed by atoms with E-state index in [4.69, 9.17) is 20.7 Å². The molecular weight excluding hydrogens is 513 g/mol.